The van der Waals surface area contributed by atoms with Crippen LogP contribution in [0.2, 0.25) is 0 Å². The maximum Gasteiger partial charge on any atom is 0.248 e. The minimum atomic E-state index is -0.489. The van der Waals surface area contributed by atoms with Crippen LogP contribution in [0.1, 0.15) is 24.1 Å². The molecule has 4 rings (SSSR count). The fourth-order valence-electron chi connectivity index (χ4n) is 3.13. The summed E-state index contributed by atoms with van der Waals surface area (Å²) in [5, 5.41) is 7.67. The topological polar surface area (TPSA) is 99.0 Å². The number of hydrogen-bond acceptors (Lipinski definition) is 5. The molecule has 7 nitrogen and oxygen atoms in total. The zero-order valence-electron chi connectivity index (χ0n) is 13.9. The lowest BCUT2D eigenvalue weighted by atomic mass is 9.94. The number of carbonyl (C=O) groups excluding carboxylic acids is 1. The number of carbonyl (C=O) groups is 1. The summed E-state index contributed by atoms with van der Waals surface area (Å²) in [7, 11) is 0. The number of aromatic nitrogens is 3. The van der Waals surface area contributed by atoms with Gasteiger partial charge in [-0.2, -0.15) is 4.98 Å². The summed E-state index contributed by atoms with van der Waals surface area (Å²) in [6, 6.07) is 11.1. The Morgan fingerprint density at radius 2 is 2.12 bits per heavy atom. The lowest BCUT2D eigenvalue weighted by Crippen LogP contribution is -2.31. The van der Waals surface area contributed by atoms with Crippen LogP contribution in [-0.4, -0.2) is 20.7 Å². The fraction of sp³-hybridized carbons (Fsp3) is 0.167. The maximum absolute atomic E-state index is 12.1. The molecule has 126 valence electrons. The zero-order chi connectivity index (χ0) is 17.6. The van der Waals surface area contributed by atoms with E-state index in [0.29, 0.717) is 28.8 Å². The lowest BCUT2D eigenvalue weighted by Gasteiger charge is -2.27. The van der Waals surface area contributed by atoms with Crippen molar-refractivity contribution in [2.45, 2.75) is 19.9 Å². The number of anilines is 1. The van der Waals surface area contributed by atoms with Crippen molar-refractivity contribution in [3.63, 3.8) is 0 Å². The van der Waals surface area contributed by atoms with Crippen molar-refractivity contribution >= 4 is 11.9 Å². The number of amides is 1. The van der Waals surface area contributed by atoms with Crippen molar-refractivity contribution in [1.29, 1.82) is 0 Å². The Labute approximate surface area is 144 Å². The Kier molecular flexibility index (Phi) is 3.42. The van der Waals surface area contributed by atoms with E-state index in [0.717, 1.165) is 11.1 Å². The molecule has 3 heterocycles. The highest BCUT2D eigenvalue weighted by Gasteiger charge is 2.33. The summed E-state index contributed by atoms with van der Waals surface area (Å²) < 4.78 is 7.07. The summed E-state index contributed by atoms with van der Waals surface area (Å²) in [5.41, 5.74) is 8.81. The molecule has 1 atom stereocenters. The first-order valence-corrected chi connectivity index (χ1v) is 7.89. The van der Waals surface area contributed by atoms with Crippen LogP contribution in [0.15, 0.2) is 58.3 Å². The van der Waals surface area contributed by atoms with E-state index in [4.69, 9.17) is 10.2 Å². The molecule has 3 aromatic rings. The van der Waals surface area contributed by atoms with Crippen LogP contribution in [0.4, 0.5) is 5.95 Å². The monoisotopic (exact) mass is 335 g/mol. The number of nitrogens with one attached hydrogen (secondary N) is 1. The van der Waals surface area contributed by atoms with Crippen molar-refractivity contribution in [1.82, 2.24) is 14.8 Å². The van der Waals surface area contributed by atoms with Crippen molar-refractivity contribution in [2.75, 3.05) is 5.32 Å². The number of hydrogen-bond donors (Lipinski definition) is 2. The molecule has 0 fully saturated rings. The first-order chi connectivity index (χ1) is 12.0. The highest BCUT2D eigenvalue weighted by atomic mass is 16.3. The number of rotatable bonds is 3. The van der Waals surface area contributed by atoms with Gasteiger partial charge in [0.15, 0.2) is 5.76 Å². The lowest BCUT2D eigenvalue weighted by molar-refractivity contribution is -0.115. The fourth-order valence-corrected chi connectivity index (χ4v) is 3.13. The molecule has 0 spiro atoms. The number of allylic oxidation sites excluding steroid dienone is 1. The van der Waals surface area contributed by atoms with Crippen LogP contribution in [0.25, 0.3) is 11.6 Å². The third-order valence-electron chi connectivity index (χ3n) is 4.22. The average Bonchev–Trinajstić information content (AvgIpc) is 3.22. The number of furan rings is 1. The molecule has 0 bridgehead atoms. The summed E-state index contributed by atoms with van der Waals surface area (Å²) in [6.45, 7) is 3.81. The maximum atomic E-state index is 12.1. The molecule has 0 saturated heterocycles. The van der Waals surface area contributed by atoms with Gasteiger partial charge in [0.05, 0.1) is 11.8 Å². The normalized spacial score (nSPS) is 16.5. The predicted molar refractivity (Wildman–Crippen MR) is 92.6 cm³/mol. The van der Waals surface area contributed by atoms with Crippen LogP contribution >= 0.6 is 0 Å². The van der Waals surface area contributed by atoms with E-state index in [1.54, 1.807) is 23.1 Å². The molecule has 1 aromatic carbocycles. The van der Waals surface area contributed by atoms with Gasteiger partial charge in [0.25, 0.3) is 0 Å². The second-order valence-electron chi connectivity index (χ2n) is 6.03. The van der Waals surface area contributed by atoms with E-state index in [2.05, 4.69) is 15.4 Å². The van der Waals surface area contributed by atoms with Crippen LogP contribution in [-0.2, 0) is 4.79 Å². The second-order valence-corrected chi connectivity index (χ2v) is 6.03. The van der Waals surface area contributed by atoms with Gasteiger partial charge in [0, 0.05) is 5.70 Å². The van der Waals surface area contributed by atoms with Gasteiger partial charge in [-0.1, -0.05) is 29.8 Å². The zero-order valence-corrected chi connectivity index (χ0v) is 13.9. The Balaban J connectivity index is 1.91. The number of aryl methyl sites for hydroxylation is 1. The van der Waals surface area contributed by atoms with Gasteiger partial charge in [-0.25, -0.2) is 4.68 Å². The molecular weight excluding hydrogens is 318 g/mol. The van der Waals surface area contributed by atoms with Crippen LogP contribution in [0.3, 0.4) is 0 Å². The SMILES string of the molecule is CC1=C(C(N)=O)C(c2cccc(C)c2)n2nc(-c3ccco3)nc2N1. The number of nitrogens with zero attached hydrogens (tertiary/aromatic N) is 3. The molecule has 3 N–H and O–H groups in total. The summed E-state index contributed by atoms with van der Waals surface area (Å²) in [4.78, 5) is 16.6. The van der Waals surface area contributed by atoms with Crippen LogP contribution < -0.4 is 11.1 Å². The molecule has 0 radical (unpaired) electrons. The van der Waals surface area contributed by atoms with E-state index in [1.165, 1.54) is 0 Å². The molecule has 7 heteroatoms. The molecule has 1 aliphatic heterocycles. The largest absolute Gasteiger partial charge is 0.461 e. The van der Waals surface area contributed by atoms with Crippen LogP contribution in [0, 0.1) is 6.92 Å². The van der Waals surface area contributed by atoms with E-state index >= 15 is 0 Å². The molecule has 25 heavy (non-hydrogen) atoms. The second kappa shape index (κ2) is 5.62. The Morgan fingerprint density at radius 1 is 1.28 bits per heavy atom. The van der Waals surface area contributed by atoms with E-state index < -0.39 is 11.9 Å². The van der Waals surface area contributed by atoms with Gasteiger partial charge in [-0.3, -0.25) is 4.79 Å². The molecule has 1 aliphatic rings. The highest BCUT2D eigenvalue weighted by Crippen LogP contribution is 2.36. The summed E-state index contributed by atoms with van der Waals surface area (Å²) in [6.07, 6.45) is 1.57. The van der Waals surface area contributed by atoms with Gasteiger partial charge in [0.1, 0.15) is 6.04 Å². The van der Waals surface area contributed by atoms with Crippen molar-refractivity contribution in [3.05, 3.63) is 65.1 Å². The minimum Gasteiger partial charge on any atom is -0.461 e. The summed E-state index contributed by atoms with van der Waals surface area (Å²) in [5.74, 6) is 1.06. The Hall–Kier alpha value is -3.35. The highest BCUT2D eigenvalue weighted by molar-refractivity contribution is 5.95. The molecule has 1 amide bonds. The smallest absolute Gasteiger partial charge is 0.248 e. The quantitative estimate of drug-likeness (QED) is 0.766. The Morgan fingerprint density at radius 3 is 2.80 bits per heavy atom. The van der Waals surface area contributed by atoms with E-state index in [-0.39, 0.29) is 0 Å². The van der Waals surface area contributed by atoms with Crippen molar-refractivity contribution in [2.24, 2.45) is 5.73 Å². The van der Waals surface area contributed by atoms with Gasteiger partial charge in [0.2, 0.25) is 17.7 Å². The number of fused-ring (bicyclic) bond motifs is 1. The molecular formula is C18H17N5O2. The van der Waals surface area contributed by atoms with Crippen molar-refractivity contribution in [3.8, 4) is 11.6 Å². The molecule has 2 aromatic heterocycles. The van der Waals surface area contributed by atoms with Gasteiger partial charge < -0.3 is 15.5 Å². The molecule has 1 unspecified atom stereocenters. The first-order valence-electron chi connectivity index (χ1n) is 7.89. The Bertz CT molecular complexity index is 985. The number of nitrogens with two attached hydrogens (primary N) is 1. The third-order valence-corrected chi connectivity index (χ3v) is 4.22. The van der Waals surface area contributed by atoms with Gasteiger partial charge >= 0.3 is 0 Å². The number of primary amides is 1. The predicted octanol–water partition coefficient (Wildman–Crippen LogP) is 2.62. The summed E-state index contributed by atoms with van der Waals surface area (Å²) >= 11 is 0. The standard InChI is InChI=1S/C18H17N5O2/c1-10-5-3-6-12(9-10)15-14(16(19)24)11(2)20-18-21-17(22-23(15)18)13-7-4-8-25-13/h3-9,15H,1-2H3,(H2,19,24)(H,20,21,22). The third kappa shape index (κ3) is 2.50. The van der Waals surface area contributed by atoms with E-state index in [9.17, 15) is 4.79 Å². The molecule has 0 saturated carbocycles. The van der Waals surface area contributed by atoms with Gasteiger partial charge in [-0.05, 0) is 31.5 Å². The molecule has 0 aliphatic carbocycles. The number of benzene rings is 1. The first kappa shape index (κ1) is 15.2. The van der Waals surface area contributed by atoms with Crippen molar-refractivity contribution < 1.29 is 9.21 Å². The van der Waals surface area contributed by atoms with E-state index in [1.807, 2.05) is 38.1 Å². The van der Waals surface area contributed by atoms with Gasteiger partial charge in [-0.15, -0.1) is 5.10 Å². The minimum absolute atomic E-state index is 0.440. The van der Waals surface area contributed by atoms with Crippen LogP contribution in [0.5, 0.6) is 0 Å². The average molecular weight is 335 g/mol.